The van der Waals surface area contributed by atoms with Gasteiger partial charge < -0.3 is 8.56 Å². The SMILES string of the molecule is Cl.Cl.Cl.Cl.[Ba+2].[Ca+2].[H-].[H-].[H-].[H-].[H-].[H-].[K+].[Li+]. The van der Waals surface area contributed by atoms with Gasteiger partial charge in [0, 0.05) is 0 Å². The van der Waals surface area contributed by atoms with E-state index >= 15 is 0 Å². The molecule has 0 rings (SSSR count). The first-order valence-electron chi connectivity index (χ1n) is 0. The Morgan fingerprint density at radius 3 is 0.750 bits per heavy atom. The van der Waals surface area contributed by atoms with E-state index in [1.807, 2.05) is 0 Å². The Labute approximate surface area is 209 Å². The minimum atomic E-state index is 0. The van der Waals surface area contributed by atoms with Crippen molar-refractivity contribution in [2.24, 2.45) is 0 Å². The molecule has 0 aromatic heterocycles. The van der Waals surface area contributed by atoms with Gasteiger partial charge in [0.1, 0.15) is 0 Å². The van der Waals surface area contributed by atoms with E-state index in [4.69, 9.17) is 0 Å². The predicted octanol–water partition coefficient (Wildman–Crippen LogP) is -4.39. The van der Waals surface area contributed by atoms with Crippen LogP contribution in [0.2, 0.25) is 0 Å². The molecule has 0 bridgehead atoms. The largest absolute Gasteiger partial charge is 2.00 e. The first-order chi connectivity index (χ1) is 0. The van der Waals surface area contributed by atoms with Gasteiger partial charge in [0.25, 0.3) is 0 Å². The molecule has 0 radical (unpaired) electrons. The van der Waals surface area contributed by atoms with Crippen LogP contribution in [-0.2, 0) is 0 Å². The van der Waals surface area contributed by atoms with Gasteiger partial charge in [0.15, 0.2) is 0 Å². The van der Waals surface area contributed by atoms with Gasteiger partial charge in [-0.25, -0.2) is 0 Å². The number of halogens is 4. The van der Waals surface area contributed by atoms with Crippen molar-refractivity contribution in [3.05, 3.63) is 0 Å². The standard InChI is InChI=1S/Ba.Ca.4ClH.K.Li.6H/h;;4*1H;;;;;;;;/q2*+2;;;;;2*+1;6*-1. The van der Waals surface area contributed by atoms with Gasteiger partial charge in [-0.3, -0.25) is 0 Å². The van der Waals surface area contributed by atoms with Gasteiger partial charge in [-0.2, -0.15) is 0 Å². The van der Waals surface area contributed by atoms with Crippen LogP contribution >= 0.6 is 49.6 Å². The minimum absolute atomic E-state index is 0. The molecular weight excluding hydrogens is 365 g/mol. The van der Waals surface area contributed by atoms with E-state index in [1.165, 1.54) is 0 Å². The minimum Gasteiger partial charge on any atom is -1.00 e. The predicted molar refractivity (Wildman–Crippen MR) is 47.2 cm³/mol. The number of hydrogen-bond donors (Lipinski definition) is 0. The second kappa shape index (κ2) is 51.0. The maximum absolute atomic E-state index is 0. The topological polar surface area (TPSA) is 0 Å². The smallest absolute Gasteiger partial charge is 1.00 e. The van der Waals surface area contributed by atoms with Gasteiger partial charge in [-0.1, -0.05) is 0 Å². The number of rotatable bonds is 0. The van der Waals surface area contributed by atoms with E-state index < -0.39 is 0 Å². The quantitative estimate of drug-likeness (QED) is 0.376. The summed E-state index contributed by atoms with van der Waals surface area (Å²) in [7, 11) is 0. The van der Waals surface area contributed by atoms with E-state index in [0.29, 0.717) is 0 Å². The second-order valence-electron chi connectivity index (χ2n) is 0. The van der Waals surface area contributed by atoms with Gasteiger partial charge in [-0.15, -0.1) is 49.6 Å². The zero-order chi connectivity index (χ0) is 0. The summed E-state index contributed by atoms with van der Waals surface area (Å²) in [5.74, 6) is 0. The molecule has 0 nitrogen and oxygen atoms in total. The molecule has 0 N–H and O–H groups in total. The Morgan fingerprint density at radius 2 is 0.750 bits per heavy atom. The zero-order valence-corrected chi connectivity index (χ0v) is 18.1. The second-order valence-corrected chi connectivity index (χ2v) is 0. The van der Waals surface area contributed by atoms with Gasteiger partial charge in [0.05, 0.1) is 0 Å². The fourth-order valence-corrected chi connectivity index (χ4v) is 0. The van der Waals surface area contributed by atoms with Crippen LogP contribution in [0.15, 0.2) is 0 Å². The fraction of sp³-hybridized carbons (Fsp3) is 0. The summed E-state index contributed by atoms with van der Waals surface area (Å²) >= 11 is 0. The molecule has 8 heteroatoms. The van der Waals surface area contributed by atoms with Gasteiger partial charge in [-0.05, 0) is 0 Å². The zero-order valence-electron chi connectivity index (χ0n) is 11.0. The van der Waals surface area contributed by atoms with Crippen LogP contribution in [0.1, 0.15) is 8.56 Å². The van der Waals surface area contributed by atoms with E-state index in [0.717, 1.165) is 0 Å². The molecule has 0 atom stereocenters. The van der Waals surface area contributed by atoms with Gasteiger partial charge >= 0.3 is 157 Å². The molecule has 44 valence electrons. The summed E-state index contributed by atoms with van der Waals surface area (Å²) in [6, 6.07) is 0. The fourth-order valence-electron chi connectivity index (χ4n) is 0. The molecule has 0 heterocycles. The summed E-state index contributed by atoms with van der Waals surface area (Å²) in [5.41, 5.74) is 0. The van der Waals surface area contributed by atoms with Crippen LogP contribution in [-0.4, -0.2) is 86.6 Å². The van der Waals surface area contributed by atoms with Crippen LogP contribution in [0.25, 0.3) is 0 Å². The average Bonchev–Trinajstić information content (AvgIpc) is 0. The summed E-state index contributed by atoms with van der Waals surface area (Å²) in [4.78, 5) is 0. The molecule has 0 unspecified atom stereocenters. The van der Waals surface area contributed by atoms with E-state index in [1.54, 1.807) is 0 Å². The Kier molecular flexibility index (Phi) is 409. The summed E-state index contributed by atoms with van der Waals surface area (Å²) in [6.45, 7) is 0. The normalized spacial score (nSPS) is 0. The molecule has 0 aliphatic rings. The van der Waals surface area contributed by atoms with Crippen molar-refractivity contribution in [2.45, 2.75) is 0 Å². The monoisotopic (exact) mass is 374 g/mol. The van der Waals surface area contributed by atoms with E-state index in [9.17, 15) is 0 Å². The van der Waals surface area contributed by atoms with Crippen molar-refractivity contribution in [1.29, 1.82) is 0 Å². The molecule has 0 saturated carbocycles. The average molecular weight is 375 g/mol. The first kappa shape index (κ1) is 64.2. The van der Waals surface area contributed by atoms with Crippen molar-refractivity contribution in [3.8, 4) is 0 Å². The molecule has 0 spiro atoms. The third-order valence-electron chi connectivity index (χ3n) is 0. The maximum Gasteiger partial charge on any atom is 2.00 e. The van der Waals surface area contributed by atoms with Crippen LogP contribution in [0.4, 0.5) is 0 Å². The summed E-state index contributed by atoms with van der Waals surface area (Å²) < 4.78 is 0. The third kappa shape index (κ3) is 39.8. The van der Waals surface area contributed by atoms with Crippen molar-refractivity contribution in [2.75, 3.05) is 0 Å². The van der Waals surface area contributed by atoms with Crippen LogP contribution < -0.4 is 70.2 Å². The number of hydrogen-bond acceptors (Lipinski definition) is 0. The molecule has 0 aliphatic heterocycles. The molecule has 8 heavy (non-hydrogen) atoms. The van der Waals surface area contributed by atoms with Crippen LogP contribution in [0, 0.1) is 0 Å². The molecule has 0 saturated heterocycles. The third-order valence-corrected chi connectivity index (χ3v) is 0. The Balaban J connectivity index is 0. The van der Waals surface area contributed by atoms with E-state index in [2.05, 4.69) is 0 Å². The van der Waals surface area contributed by atoms with Crippen LogP contribution in [0.3, 0.4) is 0 Å². The van der Waals surface area contributed by atoms with Crippen molar-refractivity contribution in [3.63, 3.8) is 0 Å². The maximum atomic E-state index is 0. The van der Waals surface area contributed by atoms with Crippen LogP contribution in [0.5, 0.6) is 0 Å². The Bertz CT molecular complexity index is 29.8. The van der Waals surface area contributed by atoms with E-state index in [-0.39, 0.29) is 215 Å². The Morgan fingerprint density at radius 1 is 0.750 bits per heavy atom. The van der Waals surface area contributed by atoms with Gasteiger partial charge in [0.2, 0.25) is 0 Å². The van der Waals surface area contributed by atoms with Crippen molar-refractivity contribution >= 4 is 136 Å². The molecular formula is H10BaCaCl4KLi. The van der Waals surface area contributed by atoms with Crippen molar-refractivity contribution < 1.29 is 78.8 Å². The summed E-state index contributed by atoms with van der Waals surface area (Å²) in [5, 5.41) is 0. The first-order valence-corrected chi connectivity index (χ1v) is 0. The summed E-state index contributed by atoms with van der Waals surface area (Å²) in [6.07, 6.45) is 0. The molecule has 0 fully saturated rings. The Hall–Kier alpha value is 6.22. The molecule has 0 amide bonds. The van der Waals surface area contributed by atoms with Crippen molar-refractivity contribution in [1.82, 2.24) is 0 Å². The molecule has 0 aromatic rings. The molecule has 0 aromatic carbocycles. The molecule has 0 aliphatic carbocycles.